The zero-order valence-electron chi connectivity index (χ0n) is 9.47. The predicted octanol–water partition coefficient (Wildman–Crippen LogP) is 0.410. The van der Waals surface area contributed by atoms with Crippen LogP contribution in [0.5, 0.6) is 0 Å². The largest absolute Gasteiger partial charge is 0.388 e. The number of nitrogens with one attached hydrogen (secondary N) is 1. The quantitative estimate of drug-likeness (QED) is 0.773. The second-order valence-corrected chi connectivity index (χ2v) is 4.18. The Morgan fingerprint density at radius 3 is 2.69 bits per heavy atom. The lowest BCUT2D eigenvalue weighted by atomic mass is 10.1. The van der Waals surface area contributed by atoms with Crippen LogP contribution < -0.4 is 5.32 Å². The summed E-state index contributed by atoms with van der Waals surface area (Å²) in [5, 5.41) is 13.3. The van der Waals surface area contributed by atoms with Crippen molar-refractivity contribution in [3.05, 3.63) is 30.1 Å². The van der Waals surface area contributed by atoms with Crippen molar-refractivity contribution in [2.24, 2.45) is 0 Å². The van der Waals surface area contributed by atoms with E-state index in [9.17, 15) is 5.11 Å². The second-order valence-electron chi connectivity index (χ2n) is 4.18. The van der Waals surface area contributed by atoms with Gasteiger partial charge in [0.05, 0.1) is 6.10 Å². The maximum absolute atomic E-state index is 9.98. The summed E-state index contributed by atoms with van der Waals surface area (Å²) < 4.78 is 0. The summed E-state index contributed by atoms with van der Waals surface area (Å²) in [5.41, 5.74) is 0.963. The molecule has 1 aliphatic heterocycles. The van der Waals surface area contributed by atoms with E-state index in [1.54, 1.807) is 12.4 Å². The van der Waals surface area contributed by atoms with Gasteiger partial charge in [-0.15, -0.1) is 0 Å². The van der Waals surface area contributed by atoms with Crippen LogP contribution in [0.15, 0.2) is 24.5 Å². The van der Waals surface area contributed by atoms with Crippen molar-refractivity contribution >= 4 is 0 Å². The zero-order chi connectivity index (χ0) is 11.2. The molecule has 2 heterocycles. The zero-order valence-corrected chi connectivity index (χ0v) is 9.47. The molecule has 4 heteroatoms. The fourth-order valence-corrected chi connectivity index (χ4v) is 1.99. The minimum Gasteiger partial charge on any atom is -0.388 e. The van der Waals surface area contributed by atoms with Crippen LogP contribution >= 0.6 is 0 Å². The average molecular weight is 221 g/mol. The van der Waals surface area contributed by atoms with E-state index in [1.165, 1.54) is 0 Å². The first kappa shape index (κ1) is 11.5. The summed E-state index contributed by atoms with van der Waals surface area (Å²) in [6, 6.07) is 3.75. The molecule has 2 rings (SSSR count). The third kappa shape index (κ3) is 3.27. The molecule has 0 saturated carbocycles. The highest BCUT2D eigenvalue weighted by atomic mass is 16.3. The van der Waals surface area contributed by atoms with Crippen LogP contribution in [0.3, 0.4) is 0 Å². The summed E-state index contributed by atoms with van der Waals surface area (Å²) in [4.78, 5) is 6.34. The molecule has 1 unspecified atom stereocenters. The Bertz CT molecular complexity index is 298. The maximum atomic E-state index is 9.98. The van der Waals surface area contributed by atoms with E-state index < -0.39 is 0 Å². The van der Waals surface area contributed by atoms with Crippen molar-refractivity contribution in [2.75, 3.05) is 32.7 Å². The number of pyridine rings is 1. The molecule has 0 amide bonds. The summed E-state index contributed by atoms with van der Waals surface area (Å²) >= 11 is 0. The fourth-order valence-electron chi connectivity index (χ4n) is 1.99. The van der Waals surface area contributed by atoms with E-state index in [1.807, 2.05) is 12.1 Å². The molecular weight excluding hydrogens is 202 g/mol. The highest BCUT2D eigenvalue weighted by Gasteiger charge is 2.12. The van der Waals surface area contributed by atoms with Crippen LogP contribution in [-0.4, -0.2) is 47.7 Å². The third-order valence-corrected chi connectivity index (χ3v) is 3.02. The minimum absolute atomic E-state index is 0.363. The van der Waals surface area contributed by atoms with Gasteiger partial charge in [-0.25, -0.2) is 0 Å². The van der Waals surface area contributed by atoms with E-state index in [-0.39, 0.29) is 6.10 Å². The number of aliphatic hydroxyl groups is 1. The molecule has 0 aromatic carbocycles. The van der Waals surface area contributed by atoms with Crippen LogP contribution in [0.1, 0.15) is 18.1 Å². The first-order valence-electron chi connectivity index (χ1n) is 5.87. The van der Waals surface area contributed by atoms with Gasteiger partial charge in [-0.3, -0.25) is 4.98 Å². The van der Waals surface area contributed by atoms with E-state index in [4.69, 9.17) is 0 Å². The summed E-state index contributed by atoms with van der Waals surface area (Å²) in [5.74, 6) is 0. The molecule has 88 valence electrons. The first-order chi connectivity index (χ1) is 7.86. The molecule has 1 atom stereocenters. The van der Waals surface area contributed by atoms with Gasteiger partial charge in [0.2, 0.25) is 0 Å². The van der Waals surface area contributed by atoms with Gasteiger partial charge < -0.3 is 15.3 Å². The summed E-state index contributed by atoms with van der Waals surface area (Å²) in [7, 11) is 0. The van der Waals surface area contributed by atoms with Crippen LogP contribution in [0, 0.1) is 0 Å². The van der Waals surface area contributed by atoms with Gasteiger partial charge in [-0.2, -0.15) is 0 Å². The van der Waals surface area contributed by atoms with Gasteiger partial charge in [0.25, 0.3) is 0 Å². The highest BCUT2D eigenvalue weighted by Crippen LogP contribution is 2.15. The van der Waals surface area contributed by atoms with E-state index in [0.717, 1.165) is 44.7 Å². The van der Waals surface area contributed by atoms with Crippen molar-refractivity contribution in [3.63, 3.8) is 0 Å². The van der Waals surface area contributed by atoms with Crippen molar-refractivity contribution in [2.45, 2.75) is 12.5 Å². The average Bonchev–Trinajstić information content (AvgIpc) is 2.38. The summed E-state index contributed by atoms with van der Waals surface area (Å²) in [6.45, 7) is 5.26. The Labute approximate surface area is 96.3 Å². The number of piperazine rings is 1. The lowest BCUT2D eigenvalue weighted by Gasteiger charge is -2.27. The molecule has 0 aliphatic carbocycles. The molecule has 1 aliphatic rings. The molecular formula is C12H19N3O. The lowest BCUT2D eigenvalue weighted by Crippen LogP contribution is -2.44. The van der Waals surface area contributed by atoms with Crippen LogP contribution in [0.4, 0.5) is 0 Å². The minimum atomic E-state index is -0.363. The molecule has 2 N–H and O–H groups in total. The lowest BCUT2D eigenvalue weighted by molar-refractivity contribution is 0.136. The van der Waals surface area contributed by atoms with Crippen molar-refractivity contribution in [1.29, 1.82) is 0 Å². The van der Waals surface area contributed by atoms with E-state index >= 15 is 0 Å². The SMILES string of the molecule is OC(CCN1CCNCC1)c1ccncc1. The van der Waals surface area contributed by atoms with Gasteiger partial charge in [-0.05, 0) is 24.1 Å². The standard InChI is InChI=1S/C12H19N3O/c16-12(11-1-4-13-5-2-11)3-8-15-9-6-14-7-10-15/h1-2,4-5,12,14,16H,3,6-10H2. The van der Waals surface area contributed by atoms with E-state index in [0.29, 0.717) is 0 Å². The number of hydrogen-bond acceptors (Lipinski definition) is 4. The number of aliphatic hydroxyl groups excluding tert-OH is 1. The van der Waals surface area contributed by atoms with Crippen LogP contribution in [0.25, 0.3) is 0 Å². The normalized spacial score (nSPS) is 19.6. The van der Waals surface area contributed by atoms with Crippen molar-refractivity contribution in [1.82, 2.24) is 15.2 Å². The number of aromatic nitrogens is 1. The molecule has 0 spiro atoms. The Kier molecular flexibility index (Phi) is 4.27. The van der Waals surface area contributed by atoms with Gasteiger partial charge in [-0.1, -0.05) is 0 Å². The molecule has 1 fully saturated rings. The molecule has 1 saturated heterocycles. The fraction of sp³-hybridized carbons (Fsp3) is 0.583. The monoisotopic (exact) mass is 221 g/mol. The Morgan fingerprint density at radius 2 is 2.00 bits per heavy atom. The highest BCUT2D eigenvalue weighted by molar-refractivity contribution is 5.12. The number of hydrogen-bond donors (Lipinski definition) is 2. The van der Waals surface area contributed by atoms with E-state index in [2.05, 4.69) is 15.2 Å². The van der Waals surface area contributed by atoms with Crippen molar-refractivity contribution in [3.8, 4) is 0 Å². The Balaban J connectivity index is 1.77. The number of rotatable bonds is 4. The topological polar surface area (TPSA) is 48.4 Å². The molecule has 1 aromatic rings. The predicted molar refractivity (Wildman–Crippen MR) is 63.1 cm³/mol. The van der Waals surface area contributed by atoms with Gasteiger partial charge in [0.15, 0.2) is 0 Å². The molecule has 4 nitrogen and oxygen atoms in total. The third-order valence-electron chi connectivity index (χ3n) is 3.02. The Morgan fingerprint density at radius 1 is 1.31 bits per heavy atom. The maximum Gasteiger partial charge on any atom is 0.0803 e. The molecule has 1 aromatic heterocycles. The van der Waals surface area contributed by atoms with Gasteiger partial charge in [0.1, 0.15) is 0 Å². The van der Waals surface area contributed by atoms with Gasteiger partial charge >= 0.3 is 0 Å². The van der Waals surface area contributed by atoms with Crippen molar-refractivity contribution < 1.29 is 5.11 Å². The van der Waals surface area contributed by atoms with Crippen LogP contribution in [-0.2, 0) is 0 Å². The number of nitrogens with zero attached hydrogens (tertiary/aromatic N) is 2. The first-order valence-corrected chi connectivity index (χ1v) is 5.87. The Hall–Kier alpha value is -0.970. The van der Waals surface area contributed by atoms with Crippen LogP contribution in [0.2, 0.25) is 0 Å². The molecule has 0 radical (unpaired) electrons. The summed E-state index contributed by atoms with van der Waals surface area (Å²) in [6.07, 6.45) is 3.88. The molecule has 16 heavy (non-hydrogen) atoms. The molecule has 0 bridgehead atoms. The smallest absolute Gasteiger partial charge is 0.0803 e. The second kappa shape index (κ2) is 5.94. The van der Waals surface area contributed by atoms with Gasteiger partial charge in [0, 0.05) is 45.1 Å².